The second-order valence-corrected chi connectivity index (χ2v) is 5.22. The van der Waals surface area contributed by atoms with Crippen LogP contribution in [0.15, 0.2) is 22.6 Å². The molecule has 100 valence electrons. The van der Waals surface area contributed by atoms with E-state index in [9.17, 15) is 4.79 Å². The number of fused-ring (bicyclic) bond motifs is 3. The van der Waals surface area contributed by atoms with Crippen LogP contribution in [0.1, 0.15) is 24.7 Å². The summed E-state index contributed by atoms with van der Waals surface area (Å²) in [6.45, 7) is 2.25. The van der Waals surface area contributed by atoms with Crippen LogP contribution < -0.4 is 0 Å². The van der Waals surface area contributed by atoms with Crippen LogP contribution in [0.3, 0.4) is 0 Å². The van der Waals surface area contributed by atoms with E-state index in [0.29, 0.717) is 18.1 Å². The first kappa shape index (κ1) is 12.5. The molecule has 4 heteroatoms. The van der Waals surface area contributed by atoms with Crippen molar-refractivity contribution in [2.24, 2.45) is 5.92 Å². The summed E-state index contributed by atoms with van der Waals surface area (Å²) < 4.78 is 10.9. The highest BCUT2D eigenvalue weighted by atomic mass is 35.5. The lowest BCUT2D eigenvalue weighted by molar-refractivity contribution is -0.148. The largest absolute Gasteiger partial charge is 0.466 e. The fraction of sp³-hybridized carbons (Fsp3) is 0.400. The van der Waals surface area contributed by atoms with Gasteiger partial charge in [0.05, 0.1) is 17.5 Å². The Hall–Kier alpha value is -1.48. The topological polar surface area (TPSA) is 39.4 Å². The molecule has 0 amide bonds. The predicted octanol–water partition coefficient (Wildman–Crippen LogP) is 3.75. The number of benzene rings is 1. The second-order valence-electron chi connectivity index (χ2n) is 4.81. The highest BCUT2D eigenvalue weighted by molar-refractivity contribution is 6.34. The molecule has 1 atom stereocenters. The smallest absolute Gasteiger partial charge is 0.309 e. The molecule has 0 saturated heterocycles. The van der Waals surface area contributed by atoms with E-state index in [4.69, 9.17) is 20.8 Å². The number of esters is 1. The third kappa shape index (κ3) is 2.12. The maximum absolute atomic E-state index is 11.8. The lowest BCUT2D eigenvalue weighted by Crippen LogP contribution is -2.24. The third-order valence-electron chi connectivity index (χ3n) is 3.65. The van der Waals surface area contributed by atoms with Crippen LogP contribution in [-0.4, -0.2) is 12.6 Å². The fourth-order valence-corrected chi connectivity index (χ4v) is 2.94. The van der Waals surface area contributed by atoms with Crippen molar-refractivity contribution in [3.8, 4) is 0 Å². The molecule has 1 heterocycles. The van der Waals surface area contributed by atoms with E-state index in [-0.39, 0.29) is 11.9 Å². The molecule has 1 aliphatic rings. The minimum absolute atomic E-state index is 0.0909. The minimum atomic E-state index is -0.125. The average Bonchev–Trinajstić information content (AvgIpc) is 2.78. The van der Waals surface area contributed by atoms with Crippen LogP contribution in [0, 0.1) is 5.92 Å². The van der Waals surface area contributed by atoms with E-state index in [0.717, 1.165) is 29.6 Å². The van der Waals surface area contributed by atoms with Gasteiger partial charge >= 0.3 is 5.97 Å². The molecule has 3 nitrogen and oxygen atoms in total. The van der Waals surface area contributed by atoms with Gasteiger partial charge in [0.25, 0.3) is 0 Å². The minimum Gasteiger partial charge on any atom is -0.466 e. The number of aryl methyl sites for hydroxylation is 1. The van der Waals surface area contributed by atoms with Crippen LogP contribution >= 0.6 is 11.6 Å². The van der Waals surface area contributed by atoms with Gasteiger partial charge in [0, 0.05) is 17.4 Å². The lowest BCUT2D eigenvalue weighted by atomic mass is 9.87. The van der Waals surface area contributed by atoms with Gasteiger partial charge in [-0.25, -0.2) is 0 Å². The number of para-hydroxylation sites is 1. The molecule has 1 aromatic carbocycles. The first-order valence-corrected chi connectivity index (χ1v) is 6.94. The Labute approximate surface area is 116 Å². The number of halogens is 1. The summed E-state index contributed by atoms with van der Waals surface area (Å²) >= 11 is 6.14. The van der Waals surface area contributed by atoms with E-state index >= 15 is 0 Å². The van der Waals surface area contributed by atoms with Crippen LogP contribution in [0.4, 0.5) is 0 Å². The van der Waals surface area contributed by atoms with Crippen LogP contribution in [0.25, 0.3) is 11.0 Å². The highest BCUT2D eigenvalue weighted by Gasteiger charge is 2.29. The van der Waals surface area contributed by atoms with Crippen molar-refractivity contribution in [3.63, 3.8) is 0 Å². The van der Waals surface area contributed by atoms with Gasteiger partial charge in [0.2, 0.25) is 0 Å². The number of furan rings is 1. The molecular weight excluding hydrogens is 264 g/mol. The number of ether oxygens (including phenoxy) is 1. The number of carbonyl (C=O) groups is 1. The summed E-state index contributed by atoms with van der Waals surface area (Å²) in [6.07, 6.45) is 2.26. The first-order valence-electron chi connectivity index (χ1n) is 6.56. The average molecular weight is 279 g/mol. The predicted molar refractivity (Wildman–Crippen MR) is 73.4 cm³/mol. The molecule has 1 aliphatic carbocycles. The maximum atomic E-state index is 11.8. The lowest BCUT2D eigenvalue weighted by Gasteiger charge is -2.19. The normalized spacial score (nSPS) is 18.3. The van der Waals surface area contributed by atoms with E-state index in [1.165, 1.54) is 5.56 Å². The first-order chi connectivity index (χ1) is 9.20. The summed E-state index contributed by atoms with van der Waals surface area (Å²) in [6, 6.07) is 5.77. The van der Waals surface area contributed by atoms with Crippen LogP contribution in [-0.2, 0) is 22.4 Å². The van der Waals surface area contributed by atoms with Crippen molar-refractivity contribution in [2.75, 3.05) is 6.61 Å². The van der Waals surface area contributed by atoms with Crippen molar-refractivity contribution in [1.29, 1.82) is 0 Å². The van der Waals surface area contributed by atoms with Gasteiger partial charge in [-0.15, -0.1) is 0 Å². The van der Waals surface area contributed by atoms with Gasteiger partial charge in [-0.05, 0) is 25.8 Å². The summed E-state index contributed by atoms with van der Waals surface area (Å²) in [5, 5.41) is 1.70. The highest BCUT2D eigenvalue weighted by Crippen LogP contribution is 2.37. The number of rotatable bonds is 2. The van der Waals surface area contributed by atoms with Gasteiger partial charge < -0.3 is 9.15 Å². The zero-order valence-electron chi connectivity index (χ0n) is 10.7. The molecule has 3 rings (SSSR count). The Balaban J connectivity index is 1.96. The van der Waals surface area contributed by atoms with Crippen LogP contribution in [0.2, 0.25) is 5.02 Å². The number of hydrogen-bond donors (Lipinski definition) is 0. The third-order valence-corrected chi connectivity index (χ3v) is 3.95. The quantitative estimate of drug-likeness (QED) is 0.785. The molecular formula is C15H15ClO3. The standard InChI is InChI=1S/C15H15ClO3/c1-2-18-15(17)9-6-7-10-11-4-3-5-12(16)14(11)19-13(10)8-9/h3-5,9H,2,6-8H2,1H3. The molecule has 2 aromatic rings. The molecule has 0 fully saturated rings. The summed E-state index contributed by atoms with van der Waals surface area (Å²) in [5.74, 6) is 0.666. The molecule has 0 aliphatic heterocycles. The maximum Gasteiger partial charge on any atom is 0.309 e. The van der Waals surface area contributed by atoms with Gasteiger partial charge in [0.15, 0.2) is 5.58 Å². The molecule has 19 heavy (non-hydrogen) atoms. The molecule has 1 unspecified atom stereocenters. The number of carbonyl (C=O) groups excluding carboxylic acids is 1. The zero-order valence-corrected chi connectivity index (χ0v) is 11.5. The van der Waals surface area contributed by atoms with Crippen molar-refractivity contribution < 1.29 is 13.9 Å². The summed E-state index contributed by atoms with van der Waals surface area (Å²) in [5.41, 5.74) is 1.93. The SMILES string of the molecule is CCOC(=O)C1CCc2c(oc3c(Cl)cccc23)C1. The van der Waals surface area contributed by atoms with Gasteiger partial charge in [-0.3, -0.25) is 4.79 Å². The van der Waals surface area contributed by atoms with Crippen molar-refractivity contribution in [3.05, 3.63) is 34.5 Å². The molecule has 1 aromatic heterocycles. The van der Waals surface area contributed by atoms with E-state index in [2.05, 4.69) is 0 Å². The number of hydrogen-bond acceptors (Lipinski definition) is 3. The fourth-order valence-electron chi connectivity index (χ4n) is 2.73. The van der Waals surface area contributed by atoms with E-state index < -0.39 is 0 Å². The molecule has 0 bridgehead atoms. The molecule has 0 radical (unpaired) electrons. The van der Waals surface area contributed by atoms with E-state index in [1.807, 2.05) is 25.1 Å². The Bertz CT molecular complexity index is 630. The van der Waals surface area contributed by atoms with Gasteiger partial charge in [-0.2, -0.15) is 0 Å². The molecule has 0 spiro atoms. The zero-order chi connectivity index (χ0) is 13.4. The van der Waals surface area contributed by atoms with Crippen molar-refractivity contribution in [1.82, 2.24) is 0 Å². The Morgan fingerprint density at radius 1 is 1.53 bits per heavy atom. The van der Waals surface area contributed by atoms with Crippen LogP contribution in [0.5, 0.6) is 0 Å². The van der Waals surface area contributed by atoms with Crippen molar-refractivity contribution >= 4 is 28.5 Å². The van der Waals surface area contributed by atoms with Crippen molar-refractivity contribution in [2.45, 2.75) is 26.2 Å². The molecule has 0 N–H and O–H groups in total. The van der Waals surface area contributed by atoms with Gasteiger partial charge in [0.1, 0.15) is 5.76 Å². The van der Waals surface area contributed by atoms with E-state index in [1.54, 1.807) is 0 Å². The Morgan fingerprint density at radius 2 is 2.37 bits per heavy atom. The second kappa shape index (κ2) is 4.89. The summed E-state index contributed by atoms with van der Waals surface area (Å²) in [4.78, 5) is 11.8. The monoisotopic (exact) mass is 278 g/mol. The summed E-state index contributed by atoms with van der Waals surface area (Å²) in [7, 11) is 0. The van der Waals surface area contributed by atoms with Gasteiger partial charge in [-0.1, -0.05) is 23.7 Å². The molecule has 0 saturated carbocycles. The Kier molecular flexibility index (Phi) is 3.23. The Morgan fingerprint density at radius 3 is 3.16 bits per heavy atom.